The molecule has 0 saturated carbocycles. The number of nitrogens with one attached hydrogen (secondary N) is 1. The molecule has 0 aliphatic carbocycles. The van der Waals surface area contributed by atoms with Crippen molar-refractivity contribution >= 4 is 5.91 Å². The van der Waals surface area contributed by atoms with E-state index in [-0.39, 0.29) is 11.9 Å². The molecule has 0 aliphatic rings. The Morgan fingerprint density at radius 3 is 1.88 bits per heavy atom. The molecule has 0 aliphatic heterocycles. The quantitative estimate of drug-likeness (QED) is 0.793. The van der Waals surface area contributed by atoms with Crippen molar-refractivity contribution in [2.45, 2.75) is 32.4 Å². The monoisotopic (exact) mass is 343 g/mol. The Morgan fingerprint density at radius 1 is 0.920 bits per heavy atom. The summed E-state index contributed by atoms with van der Waals surface area (Å²) < 4.78 is 16.1. The minimum Gasteiger partial charge on any atom is -0.497 e. The van der Waals surface area contributed by atoms with Crippen molar-refractivity contribution in [1.82, 2.24) is 5.32 Å². The van der Waals surface area contributed by atoms with Gasteiger partial charge < -0.3 is 19.5 Å². The Labute approximate surface area is 148 Å². The van der Waals surface area contributed by atoms with Gasteiger partial charge in [-0.1, -0.05) is 19.1 Å². The van der Waals surface area contributed by atoms with Gasteiger partial charge in [-0.05, 0) is 55.3 Å². The highest BCUT2D eigenvalue weighted by Gasteiger charge is 2.20. The highest BCUT2D eigenvalue weighted by Crippen LogP contribution is 2.20. The molecule has 25 heavy (non-hydrogen) atoms. The molecule has 5 nitrogen and oxygen atoms in total. The number of carbonyl (C=O) groups excluding carboxylic acids is 1. The highest BCUT2D eigenvalue weighted by atomic mass is 16.5. The third kappa shape index (κ3) is 5.14. The highest BCUT2D eigenvalue weighted by molar-refractivity contribution is 5.81. The fourth-order valence-corrected chi connectivity index (χ4v) is 2.42. The second-order valence-corrected chi connectivity index (χ2v) is 5.69. The molecule has 2 rings (SSSR count). The van der Waals surface area contributed by atoms with Gasteiger partial charge in [0.25, 0.3) is 5.91 Å². The van der Waals surface area contributed by atoms with Crippen LogP contribution in [0.5, 0.6) is 17.2 Å². The third-order valence-electron chi connectivity index (χ3n) is 3.98. The van der Waals surface area contributed by atoms with Crippen LogP contribution in [0, 0.1) is 0 Å². The lowest BCUT2D eigenvalue weighted by Gasteiger charge is -2.21. The Balaban J connectivity index is 1.97. The Hall–Kier alpha value is -2.69. The first-order valence-electron chi connectivity index (χ1n) is 8.32. The van der Waals surface area contributed by atoms with E-state index in [2.05, 4.69) is 5.32 Å². The van der Waals surface area contributed by atoms with Crippen LogP contribution < -0.4 is 19.5 Å². The maximum absolute atomic E-state index is 12.5. The summed E-state index contributed by atoms with van der Waals surface area (Å²) in [7, 11) is 3.24. The first kappa shape index (κ1) is 18.6. The second-order valence-electron chi connectivity index (χ2n) is 5.69. The van der Waals surface area contributed by atoms with E-state index in [0.29, 0.717) is 12.2 Å². The zero-order valence-corrected chi connectivity index (χ0v) is 15.1. The van der Waals surface area contributed by atoms with Crippen molar-refractivity contribution in [3.63, 3.8) is 0 Å². The number of carbonyl (C=O) groups is 1. The van der Waals surface area contributed by atoms with E-state index >= 15 is 0 Å². The zero-order valence-electron chi connectivity index (χ0n) is 15.1. The third-order valence-corrected chi connectivity index (χ3v) is 3.98. The molecule has 2 atom stereocenters. The molecule has 0 bridgehead atoms. The molecule has 5 heteroatoms. The number of ether oxygens (including phenoxy) is 3. The van der Waals surface area contributed by atoms with E-state index in [0.717, 1.165) is 17.1 Å². The van der Waals surface area contributed by atoms with Crippen LogP contribution >= 0.6 is 0 Å². The van der Waals surface area contributed by atoms with Gasteiger partial charge in [-0.2, -0.15) is 0 Å². The van der Waals surface area contributed by atoms with E-state index in [1.165, 1.54) is 0 Å². The molecule has 0 aromatic heterocycles. The molecule has 2 aromatic rings. The summed E-state index contributed by atoms with van der Waals surface area (Å²) in [5, 5.41) is 3.00. The van der Waals surface area contributed by atoms with Crippen molar-refractivity contribution < 1.29 is 19.0 Å². The summed E-state index contributed by atoms with van der Waals surface area (Å²) in [6.45, 7) is 3.87. The van der Waals surface area contributed by atoms with Gasteiger partial charge in [0.15, 0.2) is 6.10 Å². The molecule has 1 amide bonds. The largest absolute Gasteiger partial charge is 0.497 e. The van der Waals surface area contributed by atoms with Crippen molar-refractivity contribution in [3.05, 3.63) is 54.1 Å². The predicted octanol–water partition coefficient (Wildman–Crippen LogP) is 3.74. The van der Waals surface area contributed by atoms with Crippen molar-refractivity contribution in [3.8, 4) is 17.2 Å². The standard InChI is InChI=1S/C20H25NO4/c1-5-19(25-18-12-10-17(24-4)11-13-18)20(22)21-14(2)15-6-8-16(23-3)9-7-15/h6-14,19H,5H2,1-4H3,(H,21,22)/t14-,19-/m0/s1. The number of methoxy groups -OCH3 is 2. The van der Waals surface area contributed by atoms with Crippen LogP contribution in [0.25, 0.3) is 0 Å². The number of hydrogen-bond donors (Lipinski definition) is 1. The van der Waals surface area contributed by atoms with Crippen molar-refractivity contribution in [2.75, 3.05) is 14.2 Å². The van der Waals surface area contributed by atoms with E-state index in [1.54, 1.807) is 38.5 Å². The lowest BCUT2D eigenvalue weighted by Crippen LogP contribution is -2.39. The molecule has 0 spiro atoms. The molecule has 134 valence electrons. The first-order chi connectivity index (χ1) is 12.1. The van der Waals surface area contributed by atoms with E-state index in [4.69, 9.17) is 14.2 Å². The number of hydrogen-bond acceptors (Lipinski definition) is 4. The second kappa shape index (κ2) is 8.97. The average molecular weight is 343 g/mol. The van der Waals surface area contributed by atoms with Crippen LogP contribution in [0.2, 0.25) is 0 Å². The van der Waals surface area contributed by atoms with Crippen LogP contribution in [0.15, 0.2) is 48.5 Å². The Bertz CT molecular complexity index is 667. The van der Waals surface area contributed by atoms with Gasteiger partial charge in [0, 0.05) is 0 Å². The lowest BCUT2D eigenvalue weighted by molar-refractivity contribution is -0.128. The average Bonchev–Trinajstić information content (AvgIpc) is 2.66. The fourth-order valence-electron chi connectivity index (χ4n) is 2.42. The minimum atomic E-state index is -0.547. The van der Waals surface area contributed by atoms with Gasteiger partial charge in [-0.15, -0.1) is 0 Å². The molecular formula is C20H25NO4. The molecule has 0 heterocycles. The van der Waals surface area contributed by atoms with Crippen LogP contribution in [0.3, 0.4) is 0 Å². The molecule has 2 aromatic carbocycles. The SMILES string of the molecule is CC[C@H](Oc1ccc(OC)cc1)C(=O)N[C@@H](C)c1ccc(OC)cc1. The Kier molecular flexibility index (Phi) is 6.69. The van der Waals surface area contributed by atoms with Crippen LogP contribution in [-0.2, 0) is 4.79 Å². The van der Waals surface area contributed by atoms with Gasteiger partial charge in [-0.25, -0.2) is 0 Å². The van der Waals surface area contributed by atoms with Gasteiger partial charge in [0.2, 0.25) is 0 Å². The summed E-state index contributed by atoms with van der Waals surface area (Å²) in [5.41, 5.74) is 1.01. The molecule has 0 unspecified atom stereocenters. The van der Waals surface area contributed by atoms with Crippen molar-refractivity contribution in [1.29, 1.82) is 0 Å². The van der Waals surface area contributed by atoms with E-state index < -0.39 is 6.10 Å². The predicted molar refractivity (Wildman–Crippen MR) is 97.3 cm³/mol. The molecule has 0 fully saturated rings. The first-order valence-corrected chi connectivity index (χ1v) is 8.32. The summed E-state index contributed by atoms with van der Waals surface area (Å²) in [6.07, 6.45) is 0.0294. The van der Waals surface area contributed by atoms with E-state index in [1.807, 2.05) is 38.1 Å². The van der Waals surface area contributed by atoms with Gasteiger partial charge in [0.05, 0.1) is 20.3 Å². The van der Waals surface area contributed by atoms with Gasteiger partial charge >= 0.3 is 0 Å². The maximum Gasteiger partial charge on any atom is 0.261 e. The number of rotatable bonds is 8. The van der Waals surface area contributed by atoms with Crippen LogP contribution in [0.4, 0.5) is 0 Å². The molecule has 0 saturated heterocycles. The van der Waals surface area contributed by atoms with Crippen LogP contribution in [0.1, 0.15) is 31.9 Å². The fraction of sp³-hybridized carbons (Fsp3) is 0.350. The molecule has 1 N–H and O–H groups in total. The molecular weight excluding hydrogens is 318 g/mol. The summed E-state index contributed by atoms with van der Waals surface area (Å²) in [6, 6.07) is 14.7. The number of benzene rings is 2. The minimum absolute atomic E-state index is 0.119. The van der Waals surface area contributed by atoms with Gasteiger partial charge in [-0.3, -0.25) is 4.79 Å². The molecule has 0 radical (unpaired) electrons. The van der Waals surface area contributed by atoms with Gasteiger partial charge in [0.1, 0.15) is 17.2 Å². The normalized spacial score (nSPS) is 12.8. The van der Waals surface area contributed by atoms with E-state index in [9.17, 15) is 4.79 Å². The summed E-state index contributed by atoms with van der Waals surface area (Å²) in [4.78, 5) is 12.5. The summed E-state index contributed by atoms with van der Waals surface area (Å²) >= 11 is 0. The maximum atomic E-state index is 12.5. The Morgan fingerprint density at radius 2 is 1.40 bits per heavy atom. The smallest absolute Gasteiger partial charge is 0.261 e. The number of amides is 1. The van der Waals surface area contributed by atoms with Crippen LogP contribution in [-0.4, -0.2) is 26.2 Å². The lowest BCUT2D eigenvalue weighted by atomic mass is 10.1. The summed E-state index contributed by atoms with van der Waals surface area (Å²) in [5.74, 6) is 2.04. The zero-order chi connectivity index (χ0) is 18.2. The van der Waals surface area contributed by atoms with Crippen molar-refractivity contribution in [2.24, 2.45) is 0 Å². The topological polar surface area (TPSA) is 56.8 Å².